The molecule has 1 rings (SSSR count). The van der Waals surface area contributed by atoms with Crippen LogP contribution in [0.4, 0.5) is 0 Å². The Bertz CT molecular complexity index is 278. The fourth-order valence-corrected chi connectivity index (χ4v) is 2.26. The van der Waals surface area contributed by atoms with E-state index in [1.807, 2.05) is 31.2 Å². The first kappa shape index (κ1) is 12.8. The molecule has 0 saturated heterocycles. The number of likely N-dealkylation sites (N-methyl/N-ethyl adjacent to an activating group) is 1. The zero-order valence-electron chi connectivity index (χ0n) is 8.74. The molecule has 2 nitrogen and oxygen atoms in total. The lowest BCUT2D eigenvalue weighted by Gasteiger charge is -2.14. The number of thioether (sulfide) groups is 1. The van der Waals surface area contributed by atoms with Crippen LogP contribution in [-0.4, -0.2) is 30.1 Å². The molecule has 15 heavy (non-hydrogen) atoms. The van der Waals surface area contributed by atoms with Crippen LogP contribution in [0.3, 0.4) is 0 Å². The topological polar surface area (TPSA) is 32.3 Å². The van der Waals surface area contributed by atoms with Crippen LogP contribution in [-0.2, 0) is 0 Å². The Hall–Kier alpha value is -0.220. The highest BCUT2D eigenvalue weighted by molar-refractivity contribution is 7.99. The Morgan fingerprint density at radius 2 is 2.07 bits per heavy atom. The second-order valence-corrected chi connectivity index (χ2v) is 4.73. The average molecular weight is 246 g/mol. The first-order chi connectivity index (χ1) is 7.26. The molecule has 0 aromatic heterocycles. The summed E-state index contributed by atoms with van der Waals surface area (Å²) in [5.41, 5.74) is 0. The number of hydrogen-bond acceptors (Lipinski definition) is 3. The van der Waals surface area contributed by atoms with Crippen molar-refractivity contribution in [3.63, 3.8) is 0 Å². The molecule has 0 aliphatic heterocycles. The number of benzene rings is 1. The molecular weight excluding hydrogens is 230 g/mol. The van der Waals surface area contributed by atoms with Gasteiger partial charge in [-0.15, -0.1) is 11.8 Å². The lowest BCUT2D eigenvalue weighted by atomic mass is 10.3. The van der Waals surface area contributed by atoms with Gasteiger partial charge >= 0.3 is 0 Å². The zero-order valence-corrected chi connectivity index (χ0v) is 10.3. The van der Waals surface area contributed by atoms with Crippen molar-refractivity contribution in [3.05, 3.63) is 29.3 Å². The third-order valence-corrected chi connectivity index (χ3v) is 3.40. The normalized spacial score (nSPS) is 12.7. The van der Waals surface area contributed by atoms with Crippen molar-refractivity contribution in [2.45, 2.75) is 17.9 Å². The molecule has 0 aliphatic carbocycles. The fourth-order valence-electron chi connectivity index (χ4n) is 1.19. The third kappa shape index (κ3) is 4.89. The van der Waals surface area contributed by atoms with E-state index in [0.29, 0.717) is 0 Å². The number of hydrogen-bond donors (Lipinski definition) is 2. The SMILES string of the molecule is CCNC(CO)CSc1ccc(Cl)cc1. The minimum Gasteiger partial charge on any atom is -0.395 e. The highest BCUT2D eigenvalue weighted by atomic mass is 35.5. The molecule has 0 heterocycles. The maximum atomic E-state index is 9.08. The maximum Gasteiger partial charge on any atom is 0.0592 e. The van der Waals surface area contributed by atoms with Gasteiger partial charge in [0.25, 0.3) is 0 Å². The molecule has 0 amide bonds. The number of rotatable bonds is 6. The van der Waals surface area contributed by atoms with Gasteiger partial charge in [0.05, 0.1) is 6.61 Å². The molecule has 2 N–H and O–H groups in total. The van der Waals surface area contributed by atoms with Crippen LogP contribution in [0.2, 0.25) is 5.02 Å². The maximum absolute atomic E-state index is 9.08. The highest BCUT2D eigenvalue weighted by Gasteiger charge is 2.05. The van der Waals surface area contributed by atoms with E-state index in [4.69, 9.17) is 16.7 Å². The quantitative estimate of drug-likeness (QED) is 0.755. The molecule has 1 atom stereocenters. The van der Waals surface area contributed by atoms with Crippen molar-refractivity contribution in [3.8, 4) is 0 Å². The van der Waals surface area contributed by atoms with Gasteiger partial charge in [-0.2, -0.15) is 0 Å². The Kier molecular flexibility index (Phi) is 6.10. The number of nitrogens with one attached hydrogen (secondary N) is 1. The number of halogens is 1. The van der Waals surface area contributed by atoms with Crippen LogP contribution >= 0.6 is 23.4 Å². The molecule has 0 saturated carbocycles. The van der Waals surface area contributed by atoms with Gasteiger partial charge in [-0.25, -0.2) is 0 Å². The monoisotopic (exact) mass is 245 g/mol. The summed E-state index contributed by atoms with van der Waals surface area (Å²) in [6.07, 6.45) is 0. The second-order valence-electron chi connectivity index (χ2n) is 3.20. The lowest BCUT2D eigenvalue weighted by molar-refractivity contribution is 0.255. The van der Waals surface area contributed by atoms with Crippen LogP contribution in [0.15, 0.2) is 29.2 Å². The van der Waals surface area contributed by atoms with Crippen LogP contribution < -0.4 is 5.32 Å². The summed E-state index contributed by atoms with van der Waals surface area (Å²) >= 11 is 7.51. The van der Waals surface area contributed by atoms with Gasteiger partial charge in [0.1, 0.15) is 0 Å². The molecule has 0 radical (unpaired) electrons. The minimum atomic E-state index is 0.163. The number of aliphatic hydroxyl groups excluding tert-OH is 1. The summed E-state index contributed by atoms with van der Waals surface area (Å²) in [4.78, 5) is 1.18. The molecule has 0 fully saturated rings. The van der Waals surface area contributed by atoms with E-state index < -0.39 is 0 Å². The van der Waals surface area contributed by atoms with Gasteiger partial charge in [-0.05, 0) is 30.8 Å². The van der Waals surface area contributed by atoms with Crippen molar-refractivity contribution in [1.29, 1.82) is 0 Å². The predicted molar refractivity (Wildman–Crippen MR) is 66.7 cm³/mol. The first-order valence-electron chi connectivity index (χ1n) is 4.99. The highest BCUT2D eigenvalue weighted by Crippen LogP contribution is 2.20. The molecule has 0 bridgehead atoms. The van der Waals surface area contributed by atoms with E-state index in [0.717, 1.165) is 17.3 Å². The molecule has 84 valence electrons. The largest absolute Gasteiger partial charge is 0.395 e. The van der Waals surface area contributed by atoms with E-state index in [2.05, 4.69) is 5.32 Å². The van der Waals surface area contributed by atoms with Gasteiger partial charge in [-0.1, -0.05) is 18.5 Å². The van der Waals surface area contributed by atoms with E-state index in [1.165, 1.54) is 4.90 Å². The Morgan fingerprint density at radius 1 is 1.40 bits per heavy atom. The zero-order chi connectivity index (χ0) is 11.1. The van der Waals surface area contributed by atoms with Crippen LogP contribution in [0.25, 0.3) is 0 Å². The van der Waals surface area contributed by atoms with Crippen molar-refractivity contribution in [2.75, 3.05) is 18.9 Å². The van der Waals surface area contributed by atoms with Gasteiger partial charge in [0.15, 0.2) is 0 Å². The molecule has 0 spiro atoms. The van der Waals surface area contributed by atoms with E-state index in [1.54, 1.807) is 11.8 Å². The predicted octanol–water partition coefficient (Wildman–Crippen LogP) is 2.40. The fraction of sp³-hybridized carbons (Fsp3) is 0.455. The van der Waals surface area contributed by atoms with Crippen LogP contribution in [0, 0.1) is 0 Å². The van der Waals surface area contributed by atoms with Crippen molar-refractivity contribution < 1.29 is 5.11 Å². The summed E-state index contributed by atoms with van der Waals surface area (Å²) in [6, 6.07) is 7.91. The third-order valence-electron chi connectivity index (χ3n) is 1.98. The van der Waals surface area contributed by atoms with Crippen molar-refractivity contribution >= 4 is 23.4 Å². The van der Waals surface area contributed by atoms with Gasteiger partial charge in [-0.3, -0.25) is 0 Å². The first-order valence-corrected chi connectivity index (χ1v) is 6.35. The Labute approximate surface area is 100 Å². The summed E-state index contributed by atoms with van der Waals surface area (Å²) in [5.74, 6) is 0.867. The van der Waals surface area contributed by atoms with Gasteiger partial charge in [0, 0.05) is 21.7 Å². The van der Waals surface area contributed by atoms with Crippen molar-refractivity contribution in [1.82, 2.24) is 5.32 Å². The summed E-state index contributed by atoms with van der Waals surface area (Å²) in [6.45, 7) is 3.09. The van der Waals surface area contributed by atoms with Crippen LogP contribution in [0.1, 0.15) is 6.92 Å². The van der Waals surface area contributed by atoms with E-state index >= 15 is 0 Å². The molecule has 4 heteroatoms. The van der Waals surface area contributed by atoms with Crippen LogP contribution in [0.5, 0.6) is 0 Å². The molecule has 1 aromatic carbocycles. The minimum absolute atomic E-state index is 0.163. The molecule has 0 aliphatic rings. The lowest BCUT2D eigenvalue weighted by Crippen LogP contribution is -2.34. The Balaban J connectivity index is 2.38. The van der Waals surface area contributed by atoms with E-state index in [9.17, 15) is 0 Å². The van der Waals surface area contributed by atoms with Gasteiger partial charge in [0.2, 0.25) is 0 Å². The average Bonchev–Trinajstić information content (AvgIpc) is 2.26. The smallest absolute Gasteiger partial charge is 0.0592 e. The summed E-state index contributed by atoms with van der Waals surface area (Å²) in [5, 5.41) is 13.1. The summed E-state index contributed by atoms with van der Waals surface area (Å²) < 4.78 is 0. The summed E-state index contributed by atoms with van der Waals surface area (Å²) in [7, 11) is 0. The standard InChI is InChI=1S/C11H16ClNOS/c1-2-13-10(7-14)8-15-11-5-3-9(12)4-6-11/h3-6,10,13-14H,2,7-8H2,1H3. The molecule has 1 unspecified atom stereocenters. The molecule has 1 aromatic rings. The Morgan fingerprint density at radius 3 is 2.60 bits per heavy atom. The number of aliphatic hydroxyl groups is 1. The van der Waals surface area contributed by atoms with Gasteiger partial charge < -0.3 is 10.4 Å². The van der Waals surface area contributed by atoms with Crippen molar-refractivity contribution in [2.24, 2.45) is 0 Å². The molecular formula is C11H16ClNOS. The second kappa shape index (κ2) is 7.12. The van der Waals surface area contributed by atoms with E-state index in [-0.39, 0.29) is 12.6 Å².